The first kappa shape index (κ1) is 16.6. The third-order valence-corrected chi connectivity index (χ3v) is 4.87. The summed E-state index contributed by atoms with van der Waals surface area (Å²) in [6.07, 6.45) is -4.18. The van der Waals surface area contributed by atoms with Crippen LogP contribution in [0.25, 0.3) is 11.0 Å². The zero-order valence-electron chi connectivity index (χ0n) is 13.3. The summed E-state index contributed by atoms with van der Waals surface area (Å²) in [6, 6.07) is 4.05. The molecule has 3 heterocycles. The molecule has 2 aromatic rings. The highest BCUT2D eigenvalue weighted by atomic mass is 19.4. The van der Waals surface area contributed by atoms with E-state index >= 15 is 0 Å². The molecule has 2 N–H and O–H groups in total. The number of alkyl halides is 3. The van der Waals surface area contributed by atoms with Gasteiger partial charge in [0.1, 0.15) is 0 Å². The third-order valence-electron chi connectivity index (χ3n) is 4.87. The van der Waals surface area contributed by atoms with E-state index in [9.17, 15) is 27.6 Å². The fraction of sp³-hybridized carbons (Fsp3) is 0.375. The van der Waals surface area contributed by atoms with Crippen LogP contribution in [0.1, 0.15) is 29.0 Å². The summed E-state index contributed by atoms with van der Waals surface area (Å²) in [5.41, 5.74) is -0.496. The number of carbonyl (C=O) groups is 3. The number of nitrogens with zero attached hydrogens (tertiary/aromatic N) is 2. The van der Waals surface area contributed by atoms with Gasteiger partial charge in [-0.05, 0) is 24.6 Å². The Kier molecular flexibility index (Phi) is 3.37. The zero-order valence-corrected chi connectivity index (χ0v) is 13.3. The van der Waals surface area contributed by atoms with Crippen molar-refractivity contribution >= 4 is 28.8 Å². The van der Waals surface area contributed by atoms with Crippen molar-refractivity contribution in [1.82, 2.24) is 20.2 Å². The quantitative estimate of drug-likeness (QED) is 0.747. The van der Waals surface area contributed by atoms with E-state index in [1.54, 1.807) is 0 Å². The Bertz CT molecular complexity index is 952. The molecule has 1 spiro atoms. The number of nitrogens with one attached hydrogen (secondary N) is 2. The monoisotopic (exact) mass is 366 g/mol. The first-order valence-corrected chi connectivity index (χ1v) is 7.88. The van der Waals surface area contributed by atoms with Crippen molar-refractivity contribution < 1.29 is 27.6 Å². The van der Waals surface area contributed by atoms with Crippen molar-refractivity contribution in [3.63, 3.8) is 0 Å². The van der Waals surface area contributed by atoms with Gasteiger partial charge in [-0.2, -0.15) is 13.2 Å². The van der Waals surface area contributed by atoms with Gasteiger partial charge < -0.3 is 9.88 Å². The van der Waals surface area contributed by atoms with Crippen LogP contribution in [0.2, 0.25) is 0 Å². The van der Waals surface area contributed by atoms with Gasteiger partial charge in [0.25, 0.3) is 5.91 Å². The number of benzene rings is 1. The average molecular weight is 366 g/mol. The lowest BCUT2D eigenvalue weighted by molar-refractivity contribution is -0.144. The van der Waals surface area contributed by atoms with E-state index in [4.69, 9.17) is 0 Å². The van der Waals surface area contributed by atoms with Gasteiger partial charge in [-0.1, -0.05) is 0 Å². The van der Waals surface area contributed by atoms with Crippen LogP contribution >= 0.6 is 0 Å². The molecule has 3 amide bonds. The lowest BCUT2D eigenvalue weighted by Gasteiger charge is -2.20. The number of aromatic amines is 1. The smallest absolute Gasteiger partial charge is 0.338 e. The molecule has 2 fully saturated rings. The molecule has 0 aliphatic carbocycles. The van der Waals surface area contributed by atoms with Crippen LogP contribution in [0.5, 0.6) is 0 Å². The van der Waals surface area contributed by atoms with Crippen LogP contribution in [0.4, 0.5) is 13.2 Å². The maximum absolute atomic E-state index is 12.7. The fourth-order valence-corrected chi connectivity index (χ4v) is 3.53. The van der Waals surface area contributed by atoms with Crippen molar-refractivity contribution in [2.45, 2.75) is 19.0 Å². The molecule has 1 aromatic heterocycles. The number of hydrogen-bond donors (Lipinski definition) is 2. The van der Waals surface area contributed by atoms with E-state index in [0.717, 1.165) is 0 Å². The maximum atomic E-state index is 12.7. The Balaban J connectivity index is 1.59. The normalized spacial score (nSPS) is 23.3. The van der Waals surface area contributed by atoms with Gasteiger partial charge in [-0.3, -0.25) is 19.7 Å². The Labute approximate surface area is 144 Å². The molecule has 7 nitrogen and oxygen atoms in total. The van der Waals surface area contributed by atoms with Crippen LogP contribution in [0.3, 0.4) is 0 Å². The molecular formula is C16H13F3N4O3. The highest BCUT2D eigenvalue weighted by Gasteiger charge is 2.51. The number of hydrogen-bond acceptors (Lipinski definition) is 4. The third kappa shape index (κ3) is 2.52. The lowest BCUT2D eigenvalue weighted by atomic mass is 9.85. The predicted molar refractivity (Wildman–Crippen MR) is 81.8 cm³/mol. The van der Waals surface area contributed by atoms with E-state index in [1.807, 2.05) is 0 Å². The van der Waals surface area contributed by atoms with Crippen molar-refractivity contribution in [2.24, 2.45) is 5.41 Å². The predicted octanol–water partition coefficient (Wildman–Crippen LogP) is 1.46. The van der Waals surface area contributed by atoms with Crippen LogP contribution in [-0.4, -0.2) is 45.7 Å². The van der Waals surface area contributed by atoms with E-state index in [-0.39, 0.29) is 41.4 Å². The summed E-state index contributed by atoms with van der Waals surface area (Å²) >= 11 is 0. The van der Waals surface area contributed by atoms with Gasteiger partial charge in [0.15, 0.2) is 0 Å². The molecule has 2 saturated heterocycles. The molecule has 136 valence electrons. The van der Waals surface area contributed by atoms with Gasteiger partial charge >= 0.3 is 6.18 Å². The number of amides is 3. The summed E-state index contributed by atoms with van der Waals surface area (Å²) in [4.78, 5) is 43.2. The van der Waals surface area contributed by atoms with Gasteiger partial charge in [-0.25, -0.2) is 4.98 Å². The van der Waals surface area contributed by atoms with E-state index < -0.39 is 23.3 Å². The number of rotatable bonds is 1. The van der Waals surface area contributed by atoms with Crippen molar-refractivity contribution in [1.29, 1.82) is 0 Å². The average Bonchev–Trinajstić information content (AvgIpc) is 3.23. The van der Waals surface area contributed by atoms with Crippen LogP contribution < -0.4 is 5.32 Å². The number of imide groups is 1. The second kappa shape index (κ2) is 5.29. The highest BCUT2D eigenvalue weighted by molar-refractivity contribution is 6.07. The van der Waals surface area contributed by atoms with Crippen molar-refractivity contribution in [3.8, 4) is 0 Å². The molecule has 0 bridgehead atoms. The molecule has 0 unspecified atom stereocenters. The highest BCUT2D eigenvalue weighted by Crippen LogP contribution is 2.38. The van der Waals surface area contributed by atoms with Gasteiger partial charge in [0, 0.05) is 25.1 Å². The lowest BCUT2D eigenvalue weighted by Crippen LogP contribution is -2.36. The van der Waals surface area contributed by atoms with Gasteiger partial charge in [0.2, 0.25) is 17.6 Å². The molecule has 10 heteroatoms. The van der Waals surface area contributed by atoms with Crippen molar-refractivity contribution in [3.05, 3.63) is 29.6 Å². The summed E-state index contributed by atoms with van der Waals surface area (Å²) in [5, 5.41) is 2.25. The second-order valence-corrected chi connectivity index (χ2v) is 6.63. The molecule has 0 radical (unpaired) electrons. The topological polar surface area (TPSA) is 95.2 Å². The Morgan fingerprint density at radius 3 is 2.69 bits per heavy atom. The number of fused-ring (bicyclic) bond motifs is 1. The first-order valence-electron chi connectivity index (χ1n) is 7.88. The molecular weight excluding hydrogens is 353 g/mol. The maximum Gasteiger partial charge on any atom is 0.449 e. The number of carbonyl (C=O) groups excluding carboxylic acids is 3. The fourth-order valence-electron chi connectivity index (χ4n) is 3.53. The van der Waals surface area contributed by atoms with Crippen LogP contribution in [-0.2, 0) is 15.8 Å². The van der Waals surface area contributed by atoms with Gasteiger partial charge in [-0.15, -0.1) is 0 Å². The summed E-state index contributed by atoms with van der Waals surface area (Å²) < 4.78 is 38.2. The molecule has 2 aliphatic rings. The number of imidazole rings is 1. The Morgan fingerprint density at radius 1 is 1.27 bits per heavy atom. The Morgan fingerprint density at radius 2 is 2.04 bits per heavy atom. The van der Waals surface area contributed by atoms with Gasteiger partial charge in [0.05, 0.1) is 16.4 Å². The number of halogens is 3. The molecule has 1 aromatic carbocycles. The van der Waals surface area contributed by atoms with Crippen LogP contribution in [0.15, 0.2) is 18.2 Å². The number of likely N-dealkylation sites (tertiary alicyclic amines) is 1. The van der Waals surface area contributed by atoms with E-state index in [0.29, 0.717) is 13.0 Å². The SMILES string of the molecule is O=C1C[C@@]2(CCN(C(=O)c3ccc4nc(C(F)(F)F)[nH]c4c3)C2)C(=O)N1. The summed E-state index contributed by atoms with van der Waals surface area (Å²) in [5.74, 6) is -2.27. The number of aromatic nitrogens is 2. The van der Waals surface area contributed by atoms with Crippen molar-refractivity contribution in [2.75, 3.05) is 13.1 Å². The number of H-pyrrole nitrogens is 1. The first-order chi connectivity index (χ1) is 12.2. The molecule has 26 heavy (non-hydrogen) atoms. The minimum atomic E-state index is -4.60. The minimum Gasteiger partial charge on any atom is -0.338 e. The minimum absolute atomic E-state index is 0.0458. The zero-order chi connectivity index (χ0) is 18.7. The molecule has 4 rings (SSSR count). The molecule has 0 saturated carbocycles. The second-order valence-electron chi connectivity index (χ2n) is 6.63. The van der Waals surface area contributed by atoms with Crippen LogP contribution in [0, 0.1) is 5.41 Å². The molecule has 1 atom stereocenters. The largest absolute Gasteiger partial charge is 0.449 e. The summed E-state index contributed by atoms with van der Waals surface area (Å²) in [6.45, 7) is 0.409. The summed E-state index contributed by atoms with van der Waals surface area (Å²) in [7, 11) is 0. The molecule has 2 aliphatic heterocycles. The van der Waals surface area contributed by atoms with E-state index in [2.05, 4.69) is 15.3 Å². The Hall–Kier alpha value is -2.91. The van der Waals surface area contributed by atoms with E-state index in [1.165, 1.54) is 23.1 Å². The standard InChI is InChI=1S/C16H13F3N4O3/c17-16(18,19)13-20-9-2-1-8(5-10(9)21-13)12(25)23-4-3-15(7-23)6-11(24)22-14(15)26/h1-2,5H,3-4,6-7H2,(H,20,21)(H,22,24,26)/t15-/m1/s1.